The average Bonchev–Trinajstić information content (AvgIpc) is 3.22. The summed E-state index contributed by atoms with van der Waals surface area (Å²) in [4.78, 5) is 8.22. The first-order chi connectivity index (χ1) is 10.0. The second kappa shape index (κ2) is 5.78. The third-order valence-electron chi connectivity index (χ3n) is 4.01. The number of benzene rings is 1. The Morgan fingerprint density at radius 1 is 1.19 bits per heavy atom. The Kier molecular flexibility index (Phi) is 4.00. The Morgan fingerprint density at radius 3 is 2.33 bits per heavy atom. The van der Waals surface area contributed by atoms with Crippen molar-refractivity contribution < 1.29 is 0 Å². The standard InChI is InChI=1S/C17H23N3S/c1-11-12(2)21-17(18-11)16(19-14-7-8-14)13-5-9-15(10-6-13)20(3)4/h5-6,9-10,14,16,19H,7-8H2,1-4H3. The molecular weight excluding hydrogens is 278 g/mol. The molecule has 1 atom stereocenters. The minimum atomic E-state index is 0.228. The van der Waals surface area contributed by atoms with Gasteiger partial charge in [0, 0.05) is 30.7 Å². The first-order valence-electron chi connectivity index (χ1n) is 7.52. The van der Waals surface area contributed by atoms with Gasteiger partial charge in [-0.2, -0.15) is 0 Å². The highest BCUT2D eigenvalue weighted by molar-refractivity contribution is 7.11. The van der Waals surface area contributed by atoms with Crippen molar-refractivity contribution >= 4 is 17.0 Å². The van der Waals surface area contributed by atoms with Crippen molar-refractivity contribution in [2.24, 2.45) is 0 Å². The van der Waals surface area contributed by atoms with Crippen LogP contribution in [0.2, 0.25) is 0 Å². The van der Waals surface area contributed by atoms with Gasteiger partial charge in [-0.15, -0.1) is 11.3 Å². The van der Waals surface area contributed by atoms with Crippen LogP contribution < -0.4 is 10.2 Å². The number of hydrogen-bond donors (Lipinski definition) is 1. The fraction of sp³-hybridized carbons (Fsp3) is 0.471. The predicted molar refractivity (Wildman–Crippen MR) is 90.4 cm³/mol. The zero-order valence-corrected chi connectivity index (χ0v) is 14.0. The first-order valence-corrected chi connectivity index (χ1v) is 8.33. The third-order valence-corrected chi connectivity index (χ3v) is 5.15. The lowest BCUT2D eigenvalue weighted by molar-refractivity contribution is 0.597. The summed E-state index contributed by atoms with van der Waals surface area (Å²) in [5, 5.41) is 4.94. The van der Waals surface area contributed by atoms with Gasteiger partial charge >= 0.3 is 0 Å². The smallest absolute Gasteiger partial charge is 0.115 e. The van der Waals surface area contributed by atoms with E-state index in [1.54, 1.807) is 0 Å². The molecule has 1 N–H and O–H groups in total. The van der Waals surface area contributed by atoms with E-state index in [2.05, 4.69) is 62.4 Å². The Balaban J connectivity index is 1.90. The minimum absolute atomic E-state index is 0.228. The predicted octanol–water partition coefficient (Wildman–Crippen LogP) is 3.67. The number of aromatic nitrogens is 1. The van der Waals surface area contributed by atoms with Gasteiger partial charge in [0.1, 0.15) is 5.01 Å². The lowest BCUT2D eigenvalue weighted by Crippen LogP contribution is -2.24. The summed E-state index contributed by atoms with van der Waals surface area (Å²) in [7, 11) is 4.14. The number of nitrogens with one attached hydrogen (secondary N) is 1. The highest BCUT2D eigenvalue weighted by Crippen LogP contribution is 2.32. The highest BCUT2D eigenvalue weighted by atomic mass is 32.1. The molecule has 1 aromatic heterocycles. The molecule has 1 aromatic carbocycles. The first kappa shape index (κ1) is 14.5. The summed E-state index contributed by atoms with van der Waals surface area (Å²) in [5.41, 5.74) is 3.69. The van der Waals surface area contributed by atoms with Crippen LogP contribution in [0.15, 0.2) is 24.3 Å². The molecule has 1 unspecified atom stereocenters. The molecule has 0 bridgehead atoms. The summed E-state index contributed by atoms with van der Waals surface area (Å²) in [6, 6.07) is 9.70. The average molecular weight is 301 g/mol. The molecule has 0 spiro atoms. The Labute approximate surface area is 131 Å². The number of hydrogen-bond acceptors (Lipinski definition) is 4. The molecule has 3 nitrogen and oxygen atoms in total. The van der Waals surface area contributed by atoms with Crippen molar-refractivity contribution in [1.82, 2.24) is 10.3 Å². The zero-order chi connectivity index (χ0) is 15.0. The molecule has 21 heavy (non-hydrogen) atoms. The largest absolute Gasteiger partial charge is 0.378 e. The van der Waals surface area contributed by atoms with Crippen LogP contribution in [-0.4, -0.2) is 25.1 Å². The van der Waals surface area contributed by atoms with E-state index in [4.69, 9.17) is 4.98 Å². The van der Waals surface area contributed by atoms with Crippen molar-refractivity contribution in [1.29, 1.82) is 0 Å². The second-order valence-electron chi connectivity index (χ2n) is 6.05. The number of aryl methyl sites for hydroxylation is 2. The van der Waals surface area contributed by atoms with E-state index in [-0.39, 0.29) is 6.04 Å². The minimum Gasteiger partial charge on any atom is -0.378 e. The van der Waals surface area contributed by atoms with E-state index >= 15 is 0 Å². The molecule has 1 fully saturated rings. The zero-order valence-electron chi connectivity index (χ0n) is 13.2. The Morgan fingerprint density at radius 2 is 1.86 bits per heavy atom. The number of nitrogens with zero attached hydrogens (tertiary/aromatic N) is 2. The van der Waals surface area contributed by atoms with E-state index in [0.29, 0.717) is 6.04 Å². The van der Waals surface area contributed by atoms with E-state index in [1.807, 2.05) is 11.3 Å². The number of thiazole rings is 1. The molecule has 0 aliphatic heterocycles. The molecule has 1 heterocycles. The molecule has 1 saturated carbocycles. The summed E-state index contributed by atoms with van der Waals surface area (Å²) >= 11 is 1.81. The van der Waals surface area contributed by atoms with Crippen LogP contribution in [0.4, 0.5) is 5.69 Å². The molecule has 4 heteroatoms. The van der Waals surface area contributed by atoms with Gasteiger partial charge in [0.2, 0.25) is 0 Å². The maximum absolute atomic E-state index is 4.77. The summed E-state index contributed by atoms with van der Waals surface area (Å²) in [6.45, 7) is 4.25. The molecular formula is C17H23N3S. The van der Waals surface area contributed by atoms with Gasteiger partial charge < -0.3 is 10.2 Å². The summed E-state index contributed by atoms with van der Waals surface area (Å²) in [6.07, 6.45) is 2.57. The normalized spacial score (nSPS) is 16.0. The van der Waals surface area contributed by atoms with Crippen LogP contribution in [0, 0.1) is 13.8 Å². The molecule has 1 aliphatic rings. The van der Waals surface area contributed by atoms with Crippen molar-refractivity contribution in [3.63, 3.8) is 0 Å². The van der Waals surface area contributed by atoms with Crippen LogP contribution in [0.25, 0.3) is 0 Å². The maximum atomic E-state index is 4.77. The lowest BCUT2D eigenvalue weighted by Gasteiger charge is -2.18. The lowest BCUT2D eigenvalue weighted by atomic mass is 10.1. The van der Waals surface area contributed by atoms with Crippen molar-refractivity contribution in [2.75, 3.05) is 19.0 Å². The van der Waals surface area contributed by atoms with Crippen LogP contribution in [0.3, 0.4) is 0 Å². The maximum Gasteiger partial charge on any atom is 0.115 e. The van der Waals surface area contributed by atoms with Gasteiger partial charge in [-0.05, 0) is 44.4 Å². The second-order valence-corrected chi connectivity index (χ2v) is 7.29. The summed E-state index contributed by atoms with van der Waals surface area (Å²) in [5.74, 6) is 0. The fourth-order valence-electron chi connectivity index (χ4n) is 2.38. The molecule has 112 valence electrons. The summed E-state index contributed by atoms with van der Waals surface area (Å²) < 4.78 is 0. The van der Waals surface area contributed by atoms with E-state index in [9.17, 15) is 0 Å². The molecule has 2 aromatic rings. The monoisotopic (exact) mass is 301 g/mol. The molecule has 1 aliphatic carbocycles. The quantitative estimate of drug-likeness (QED) is 0.913. The van der Waals surface area contributed by atoms with Crippen molar-refractivity contribution in [3.05, 3.63) is 45.4 Å². The van der Waals surface area contributed by atoms with Crippen LogP contribution >= 0.6 is 11.3 Å². The van der Waals surface area contributed by atoms with Crippen molar-refractivity contribution in [3.8, 4) is 0 Å². The van der Waals surface area contributed by atoms with Gasteiger partial charge in [-0.3, -0.25) is 0 Å². The number of rotatable bonds is 5. The van der Waals surface area contributed by atoms with Crippen LogP contribution in [-0.2, 0) is 0 Å². The van der Waals surface area contributed by atoms with E-state index < -0.39 is 0 Å². The van der Waals surface area contributed by atoms with Gasteiger partial charge in [0.05, 0.1) is 11.7 Å². The van der Waals surface area contributed by atoms with Gasteiger partial charge in [0.25, 0.3) is 0 Å². The van der Waals surface area contributed by atoms with Crippen LogP contribution in [0.1, 0.15) is 40.0 Å². The van der Waals surface area contributed by atoms with Gasteiger partial charge in [0.15, 0.2) is 0 Å². The Bertz CT molecular complexity index is 592. The van der Waals surface area contributed by atoms with E-state index in [1.165, 1.54) is 34.0 Å². The highest BCUT2D eigenvalue weighted by Gasteiger charge is 2.28. The third kappa shape index (κ3) is 3.27. The van der Waals surface area contributed by atoms with Crippen molar-refractivity contribution in [2.45, 2.75) is 38.8 Å². The number of anilines is 1. The van der Waals surface area contributed by atoms with E-state index in [0.717, 1.165) is 5.69 Å². The van der Waals surface area contributed by atoms with Gasteiger partial charge in [-0.25, -0.2) is 4.98 Å². The van der Waals surface area contributed by atoms with Gasteiger partial charge in [-0.1, -0.05) is 12.1 Å². The fourth-order valence-corrected chi connectivity index (χ4v) is 3.39. The molecule has 0 saturated heterocycles. The van der Waals surface area contributed by atoms with Crippen LogP contribution in [0.5, 0.6) is 0 Å². The SMILES string of the molecule is Cc1nc(C(NC2CC2)c2ccc(N(C)C)cc2)sc1C. The molecule has 0 amide bonds. The Hall–Kier alpha value is -1.39. The topological polar surface area (TPSA) is 28.2 Å². The molecule has 0 radical (unpaired) electrons. The molecule has 3 rings (SSSR count).